The van der Waals surface area contributed by atoms with Crippen molar-refractivity contribution in [3.63, 3.8) is 0 Å². The molecule has 0 saturated heterocycles. The van der Waals surface area contributed by atoms with Crippen molar-refractivity contribution in [3.05, 3.63) is 48.5 Å². The number of aromatic hydroxyl groups is 2. The van der Waals surface area contributed by atoms with Gasteiger partial charge in [-0.15, -0.1) is 0 Å². The number of carboxylic acids is 2. The first-order chi connectivity index (χ1) is 12.2. The SMILES string of the molecule is O=C([O-])C(=O)Nc1ccc(O)cc1.O=C([O-])C(=O)Nc1ccc(O)cc1.[Cu+2]. The molecular formula is C16H12CuN2O8. The number of benzene rings is 2. The summed E-state index contributed by atoms with van der Waals surface area (Å²) < 4.78 is 0. The number of amides is 2. The summed E-state index contributed by atoms with van der Waals surface area (Å²) in [4.78, 5) is 41.1. The van der Waals surface area contributed by atoms with Crippen molar-refractivity contribution < 1.29 is 56.7 Å². The van der Waals surface area contributed by atoms with Crippen LogP contribution in [0.1, 0.15) is 0 Å². The molecule has 0 aromatic heterocycles. The van der Waals surface area contributed by atoms with Gasteiger partial charge in [0.2, 0.25) is 0 Å². The number of phenolic OH excluding ortho intramolecular Hbond substituents is 2. The van der Waals surface area contributed by atoms with E-state index in [1.807, 2.05) is 0 Å². The number of nitrogens with one attached hydrogen (secondary N) is 2. The number of carbonyl (C=O) groups is 4. The van der Waals surface area contributed by atoms with Crippen molar-refractivity contribution in [2.75, 3.05) is 10.6 Å². The van der Waals surface area contributed by atoms with E-state index < -0.39 is 23.8 Å². The number of aliphatic carboxylic acids is 2. The van der Waals surface area contributed by atoms with Crippen LogP contribution in [0.15, 0.2) is 48.5 Å². The van der Waals surface area contributed by atoms with Gasteiger partial charge in [0.25, 0.3) is 11.8 Å². The average Bonchev–Trinajstić information content (AvgIpc) is 2.59. The van der Waals surface area contributed by atoms with E-state index in [1.54, 1.807) is 0 Å². The van der Waals surface area contributed by atoms with E-state index in [9.17, 15) is 29.4 Å². The molecule has 4 N–H and O–H groups in total. The zero-order valence-electron chi connectivity index (χ0n) is 13.3. The van der Waals surface area contributed by atoms with E-state index in [2.05, 4.69) is 10.6 Å². The number of carboxylic acid groups (broad SMARTS) is 2. The summed E-state index contributed by atoms with van der Waals surface area (Å²) in [5.74, 6) is -5.96. The quantitative estimate of drug-likeness (QED) is 0.247. The number of hydrogen-bond donors (Lipinski definition) is 4. The molecule has 0 aliphatic rings. The monoisotopic (exact) mass is 423 g/mol. The molecule has 0 spiro atoms. The molecule has 145 valence electrons. The van der Waals surface area contributed by atoms with Crippen molar-refractivity contribution in [1.82, 2.24) is 0 Å². The number of rotatable bonds is 2. The van der Waals surface area contributed by atoms with Crippen molar-refractivity contribution in [3.8, 4) is 11.5 Å². The molecule has 27 heavy (non-hydrogen) atoms. The summed E-state index contributed by atoms with van der Waals surface area (Å²) >= 11 is 0. The van der Waals surface area contributed by atoms with E-state index in [0.717, 1.165) is 0 Å². The molecule has 2 aromatic rings. The molecule has 0 aliphatic heterocycles. The van der Waals surface area contributed by atoms with Gasteiger partial charge in [0.1, 0.15) is 23.4 Å². The van der Waals surface area contributed by atoms with Gasteiger partial charge >= 0.3 is 17.1 Å². The van der Waals surface area contributed by atoms with Gasteiger partial charge in [0.05, 0.1) is 0 Å². The van der Waals surface area contributed by atoms with E-state index in [4.69, 9.17) is 10.2 Å². The van der Waals surface area contributed by atoms with Gasteiger partial charge in [-0.25, -0.2) is 0 Å². The van der Waals surface area contributed by atoms with Crippen molar-refractivity contribution >= 4 is 35.1 Å². The second kappa shape index (κ2) is 11.1. The number of anilines is 2. The topological polar surface area (TPSA) is 179 Å². The Morgan fingerprint density at radius 2 is 0.889 bits per heavy atom. The first-order valence-corrected chi connectivity index (χ1v) is 6.81. The van der Waals surface area contributed by atoms with Gasteiger partial charge < -0.3 is 40.6 Å². The fraction of sp³-hybridized carbons (Fsp3) is 0. The Bertz CT molecular complexity index is 737. The Hall–Kier alpha value is -3.56. The summed E-state index contributed by atoms with van der Waals surface area (Å²) in [6, 6.07) is 10.8. The number of phenols is 2. The maximum Gasteiger partial charge on any atom is 2.00 e. The third-order valence-corrected chi connectivity index (χ3v) is 2.62. The third-order valence-electron chi connectivity index (χ3n) is 2.62. The molecule has 2 rings (SSSR count). The molecule has 11 heteroatoms. The third kappa shape index (κ3) is 8.91. The van der Waals surface area contributed by atoms with Crippen LogP contribution in [0.25, 0.3) is 0 Å². The van der Waals surface area contributed by atoms with Gasteiger partial charge in [-0.05, 0) is 48.5 Å². The van der Waals surface area contributed by atoms with E-state index >= 15 is 0 Å². The number of carbonyl (C=O) groups excluding carboxylic acids is 4. The van der Waals surface area contributed by atoms with Crippen LogP contribution in [0.4, 0.5) is 11.4 Å². The molecule has 0 fully saturated rings. The van der Waals surface area contributed by atoms with Gasteiger partial charge in [-0.1, -0.05) is 0 Å². The van der Waals surface area contributed by atoms with E-state index in [0.29, 0.717) is 0 Å². The molecule has 0 aliphatic carbocycles. The van der Waals surface area contributed by atoms with Gasteiger partial charge in [0, 0.05) is 11.4 Å². The Morgan fingerprint density at radius 3 is 1.11 bits per heavy atom. The summed E-state index contributed by atoms with van der Waals surface area (Å²) in [5.41, 5.74) is 0.569. The van der Waals surface area contributed by atoms with Crippen LogP contribution < -0.4 is 20.8 Å². The molecule has 2 amide bonds. The van der Waals surface area contributed by atoms with Crippen molar-refractivity contribution in [2.45, 2.75) is 0 Å². The first-order valence-electron chi connectivity index (χ1n) is 6.81. The van der Waals surface area contributed by atoms with Gasteiger partial charge in [-0.2, -0.15) is 0 Å². The Kier molecular flexibility index (Phi) is 9.66. The maximum absolute atomic E-state index is 10.6. The zero-order valence-corrected chi connectivity index (χ0v) is 14.2. The molecule has 0 atom stereocenters. The zero-order chi connectivity index (χ0) is 19.7. The van der Waals surface area contributed by atoms with Gasteiger partial charge in [-0.3, -0.25) is 9.59 Å². The Labute approximate surface area is 162 Å². The van der Waals surface area contributed by atoms with Crippen LogP contribution in [0.3, 0.4) is 0 Å². The van der Waals surface area contributed by atoms with Gasteiger partial charge in [0.15, 0.2) is 0 Å². The van der Waals surface area contributed by atoms with Crippen LogP contribution in [-0.4, -0.2) is 34.0 Å². The Morgan fingerprint density at radius 1 is 0.630 bits per heavy atom. The summed E-state index contributed by atoms with van der Waals surface area (Å²) in [6.45, 7) is 0. The summed E-state index contributed by atoms with van der Waals surface area (Å²) in [6.07, 6.45) is 0. The minimum Gasteiger partial charge on any atom is -0.540 e. The van der Waals surface area contributed by atoms with Crippen LogP contribution in [-0.2, 0) is 36.2 Å². The largest absolute Gasteiger partial charge is 2.00 e. The van der Waals surface area contributed by atoms with Crippen molar-refractivity contribution in [2.24, 2.45) is 0 Å². The van der Waals surface area contributed by atoms with Crippen LogP contribution >= 0.6 is 0 Å². The molecule has 0 bridgehead atoms. The van der Waals surface area contributed by atoms with Crippen LogP contribution in [0, 0.1) is 0 Å². The normalized spacial score (nSPS) is 8.89. The molecule has 1 radical (unpaired) electrons. The maximum atomic E-state index is 10.6. The van der Waals surface area contributed by atoms with E-state index in [-0.39, 0.29) is 39.9 Å². The minimum atomic E-state index is -1.80. The van der Waals surface area contributed by atoms with Crippen LogP contribution in [0.5, 0.6) is 11.5 Å². The summed E-state index contributed by atoms with van der Waals surface area (Å²) in [7, 11) is 0. The predicted octanol–water partition coefficient (Wildman–Crippen LogP) is -1.84. The molecule has 2 aromatic carbocycles. The molecule has 0 saturated carbocycles. The second-order valence-corrected chi connectivity index (χ2v) is 4.58. The summed E-state index contributed by atoms with van der Waals surface area (Å²) in [5, 5.41) is 41.8. The molecule has 10 nitrogen and oxygen atoms in total. The smallest absolute Gasteiger partial charge is 0.540 e. The number of hydrogen-bond acceptors (Lipinski definition) is 8. The van der Waals surface area contributed by atoms with E-state index in [1.165, 1.54) is 48.5 Å². The standard InChI is InChI=1S/2C8H7NO4.Cu/c2*10-6-3-1-5(2-4-6)9-7(11)8(12)13;/h2*1-4,10H,(H,9,11)(H,12,13);/q;;+2/p-2. The fourth-order valence-electron chi connectivity index (χ4n) is 1.45. The average molecular weight is 424 g/mol. The van der Waals surface area contributed by atoms with Crippen molar-refractivity contribution in [1.29, 1.82) is 0 Å². The van der Waals surface area contributed by atoms with Crippen LogP contribution in [0.2, 0.25) is 0 Å². The minimum absolute atomic E-state index is 0. The predicted molar refractivity (Wildman–Crippen MR) is 83.5 cm³/mol. The molecular weight excluding hydrogens is 412 g/mol. The fourth-order valence-corrected chi connectivity index (χ4v) is 1.45. The Balaban J connectivity index is 0.000000483. The molecule has 0 heterocycles. The first kappa shape index (κ1) is 23.4. The molecule has 0 unspecified atom stereocenters. The second-order valence-electron chi connectivity index (χ2n) is 4.58.